The van der Waals surface area contributed by atoms with Crippen molar-refractivity contribution in [3.8, 4) is 5.75 Å². The van der Waals surface area contributed by atoms with Crippen LogP contribution in [0.15, 0.2) is 61.1 Å². The lowest BCUT2D eigenvalue weighted by molar-refractivity contribution is 0.102. The van der Waals surface area contributed by atoms with Gasteiger partial charge >= 0.3 is 0 Å². The van der Waals surface area contributed by atoms with Crippen LogP contribution in [-0.4, -0.2) is 25.7 Å². The summed E-state index contributed by atoms with van der Waals surface area (Å²) in [4.78, 5) is 16.7. The van der Waals surface area contributed by atoms with Gasteiger partial charge in [0.15, 0.2) is 0 Å². The van der Waals surface area contributed by atoms with E-state index in [2.05, 4.69) is 20.5 Å². The average Bonchev–Trinajstić information content (AvgIpc) is 3.29. The van der Waals surface area contributed by atoms with E-state index in [1.54, 1.807) is 30.6 Å². The number of anilines is 1. The number of carbonyl (C=O) groups excluding carboxylic acids is 1. The van der Waals surface area contributed by atoms with Gasteiger partial charge in [-0.25, -0.2) is 4.98 Å². The number of rotatable bonds is 5. The van der Waals surface area contributed by atoms with Crippen molar-refractivity contribution in [1.29, 1.82) is 0 Å². The van der Waals surface area contributed by atoms with Crippen molar-refractivity contribution in [2.45, 2.75) is 6.61 Å². The first-order chi connectivity index (χ1) is 12.7. The molecule has 0 saturated heterocycles. The zero-order valence-corrected chi connectivity index (χ0v) is 14.1. The lowest BCUT2D eigenvalue weighted by atomic mass is 10.1. The van der Waals surface area contributed by atoms with Crippen molar-refractivity contribution in [1.82, 2.24) is 19.7 Å². The topological polar surface area (TPSA) is 84.8 Å². The number of ether oxygens (including phenoxy) is 1. The molecule has 4 rings (SSSR count). The number of H-pyrrole nitrogens is 1. The highest BCUT2D eigenvalue weighted by Crippen LogP contribution is 2.20. The van der Waals surface area contributed by atoms with Crippen molar-refractivity contribution < 1.29 is 9.53 Å². The molecule has 1 amide bonds. The van der Waals surface area contributed by atoms with Gasteiger partial charge in [0.05, 0.1) is 17.3 Å². The maximum absolute atomic E-state index is 12.5. The van der Waals surface area contributed by atoms with Crippen molar-refractivity contribution in [3.05, 3.63) is 72.4 Å². The molecule has 0 atom stereocenters. The molecule has 4 aromatic rings. The van der Waals surface area contributed by atoms with Crippen LogP contribution in [0.5, 0.6) is 5.75 Å². The summed E-state index contributed by atoms with van der Waals surface area (Å²) in [5, 5.41) is 10.6. The van der Waals surface area contributed by atoms with Crippen LogP contribution < -0.4 is 10.1 Å². The first kappa shape index (κ1) is 15.9. The molecule has 2 aromatic carbocycles. The van der Waals surface area contributed by atoms with Crippen LogP contribution in [0.3, 0.4) is 0 Å². The quantitative estimate of drug-likeness (QED) is 0.581. The number of aromatic amines is 1. The largest absolute Gasteiger partial charge is 0.486 e. The molecule has 0 saturated carbocycles. The van der Waals surface area contributed by atoms with E-state index in [0.29, 0.717) is 23.6 Å². The molecular formula is C19H17N5O2. The fourth-order valence-electron chi connectivity index (χ4n) is 2.67. The minimum atomic E-state index is -0.193. The van der Waals surface area contributed by atoms with E-state index in [0.717, 1.165) is 16.7 Å². The van der Waals surface area contributed by atoms with Gasteiger partial charge in [-0.15, -0.1) is 0 Å². The second-order valence-corrected chi connectivity index (χ2v) is 5.86. The Morgan fingerprint density at radius 3 is 2.85 bits per heavy atom. The van der Waals surface area contributed by atoms with Crippen LogP contribution in [-0.2, 0) is 13.7 Å². The number of hydrogen-bond acceptors (Lipinski definition) is 4. The number of imidazole rings is 1. The van der Waals surface area contributed by atoms with Gasteiger partial charge in [0, 0.05) is 30.5 Å². The van der Waals surface area contributed by atoms with E-state index in [-0.39, 0.29) is 5.91 Å². The lowest BCUT2D eigenvalue weighted by Gasteiger charge is -2.09. The van der Waals surface area contributed by atoms with Gasteiger partial charge in [0.2, 0.25) is 0 Å². The molecule has 2 heterocycles. The van der Waals surface area contributed by atoms with Gasteiger partial charge in [0.1, 0.15) is 18.2 Å². The molecule has 2 N–H and O–H groups in total. The number of hydrogen-bond donors (Lipinski definition) is 2. The molecule has 2 aromatic heterocycles. The van der Waals surface area contributed by atoms with E-state index in [1.165, 1.54) is 0 Å². The summed E-state index contributed by atoms with van der Waals surface area (Å²) in [5.41, 5.74) is 1.96. The Kier molecular flexibility index (Phi) is 4.10. The first-order valence-corrected chi connectivity index (χ1v) is 8.13. The van der Waals surface area contributed by atoms with Crippen LogP contribution in [0, 0.1) is 0 Å². The average molecular weight is 347 g/mol. The fraction of sp³-hybridized carbons (Fsp3) is 0.105. The Hall–Kier alpha value is -3.61. The van der Waals surface area contributed by atoms with Crippen molar-refractivity contribution >= 4 is 22.5 Å². The Labute approximate surface area is 149 Å². The number of nitrogens with one attached hydrogen (secondary N) is 2. The lowest BCUT2D eigenvalue weighted by Crippen LogP contribution is -2.12. The van der Waals surface area contributed by atoms with Gasteiger partial charge in [0.25, 0.3) is 5.91 Å². The van der Waals surface area contributed by atoms with Crippen LogP contribution >= 0.6 is 0 Å². The SMILES string of the molecule is Cn1ccnc1COc1ccc(NC(=O)c2cccc3cn[nH]c23)cc1. The third kappa shape index (κ3) is 3.14. The smallest absolute Gasteiger partial charge is 0.257 e. The van der Waals surface area contributed by atoms with Crippen LogP contribution in [0.25, 0.3) is 10.9 Å². The van der Waals surface area contributed by atoms with Gasteiger partial charge in [-0.05, 0) is 30.3 Å². The zero-order chi connectivity index (χ0) is 17.9. The Morgan fingerprint density at radius 2 is 2.08 bits per heavy atom. The summed E-state index contributed by atoms with van der Waals surface area (Å²) >= 11 is 0. The summed E-state index contributed by atoms with van der Waals surface area (Å²) in [6, 6.07) is 12.7. The second-order valence-electron chi connectivity index (χ2n) is 5.86. The van der Waals surface area contributed by atoms with E-state index < -0.39 is 0 Å². The summed E-state index contributed by atoms with van der Waals surface area (Å²) in [7, 11) is 1.92. The van der Waals surface area contributed by atoms with E-state index in [9.17, 15) is 4.79 Å². The number of benzene rings is 2. The van der Waals surface area contributed by atoms with Gasteiger partial charge in [-0.3, -0.25) is 9.89 Å². The van der Waals surface area contributed by atoms with Crippen LogP contribution in [0.4, 0.5) is 5.69 Å². The molecule has 130 valence electrons. The Bertz CT molecular complexity index is 1050. The second kappa shape index (κ2) is 6.72. The standard InChI is InChI=1S/C19H17N5O2/c1-24-10-9-20-17(24)12-26-15-7-5-14(6-8-15)22-19(25)16-4-2-3-13-11-21-23-18(13)16/h2-11H,12H2,1H3,(H,21,23)(H,22,25). The molecule has 7 nitrogen and oxygen atoms in total. The van der Waals surface area contributed by atoms with Gasteiger partial charge in [-0.2, -0.15) is 5.10 Å². The predicted octanol–water partition coefficient (Wildman–Crippen LogP) is 3.13. The van der Waals surface area contributed by atoms with Crippen LogP contribution in [0.2, 0.25) is 0 Å². The van der Waals surface area contributed by atoms with Crippen molar-refractivity contribution in [2.24, 2.45) is 7.05 Å². The highest BCUT2D eigenvalue weighted by atomic mass is 16.5. The third-order valence-electron chi connectivity index (χ3n) is 4.12. The maximum atomic E-state index is 12.5. The summed E-state index contributed by atoms with van der Waals surface area (Å²) in [6.45, 7) is 0.386. The van der Waals surface area contributed by atoms with Crippen molar-refractivity contribution in [2.75, 3.05) is 5.32 Å². The summed E-state index contributed by atoms with van der Waals surface area (Å²) < 4.78 is 7.62. The Morgan fingerprint density at radius 1 is 1.23 bits per heavy atom. The molecule has 26 heavy (non-hydrogen) atoms. The molecule has 0 spiro atoms. The number of fused-ring (bicyclic) bond motifs is 1. The highest BCUT2D eigenvalue weighted by Gasteiger charge is 2.11. The monoisotopic (exact) mass is 347 g/mol. The molecule has 0 aliphatic carbocycles. The number of amides is 1. The van der Waals surface area contributed by atoms with Crippen molar-refractivity contribution in [3.63, 3.8) is 0 Å². The van der Waals surface area contributed by atoms with E-state index >= 15 is 0 Å². The maximum Gasteiger partial charge on any atom is 0.257 e. The highest BCUT2D eigenvalue weighted by molar-refractivity contribution is 6.11. The zero-order valence-electron chi connectivity index (χ0n) is 14.1. The summed E-state index contributed by atoms with van der Waals surface area (Å²) in [6.07, 6.45) is 5.30. The number of nitrogens with zero attached hydrogens (tertiary/aromatic N) is 3. The molecule has 0 aliphatic heterocycles. The van der Waals surface area contributed by atoms with Gasteiger partial charge in [-0.1, -0.05) is 12.1 Å². The molecule has 0 bridgehead atoms. The number of aryl methyl sites for hydroxylation is 1. The predicted molar refractivity (Wildman–Crippen MR) is 98.0 cm³/mol. The first-order valence-electron chi connectivity index (χ1n) is 8.13. The molecular weight excluding hydrogens is 330 g/mol. The van der Waals surface area contributed by atoms with Crippen LogP contribution in [0.1, 0.15) is 16.2 Å². The number of aromatic nitrogens is 4. The van der Waals surface area contributed by atoms with E-state index in [1.807, 2.05) is 42.1 Å². The minimum absolute atomic E-state index is 0.193. The molecule has 0 unspecified atom stereocenters. The molecule has 0 fully saturated rings. The number of para-hydroxylation sites is 1. The fourth-order valence-corrected chi connectivity index (χ4v) is 2.67. The Balaban J connectivity index is 1.43. The molecule has 0 aliphatic rings. The normalized spacial score (nSPS) is 10.8. The van der Waals surface area contributed by atoms with Gasteiger partial charge < -0.3 is 14.6 Å². The molecule has 0 radical (unpaired) electrons. The minimum Gasteiger partial charge on any atom is -0.486 e. The third-order valence-corrected chi connectivity index (χ3v) is 4.12. The number of carbonyl (C=O) groups is 1. The summed E-state index contributed by atoms with van der Waals surface area (Å²) in [5.74, 6) is 1.36. The van der Waals surface area contributed by atoms with E-state index in [4.69, 9.17) is 4.74 Å². The molecule has 7 heteroatoms.